The fourth-order valence-electron chi connectivity index (χ4n) is 1.46. The second kappa shape index (κ2) is 5.89. The molecule has 82 valence electrons. The summed E-state index contributed by atoms with van der Waals surface area (Å²) in [6, 6.07) is 7.12. The van der Waals surface area contributed by atoms with E-state index in [0.29, 0.717) is 23.6 Å². The monoisotopic (exact) mass is 226 g/mol. The fraction of sp³-hybridized carbons (Fsp3) is 0.417. The predicted molar refractivity (Wildman–Crippen MR) is 61.4 cm³/mol. The van der Waals surface area contributed by atoms with Crippen molar-refractivity contribution in [2.45, 2.75) is 13.3 Å². The molecule has 0 N–H and O–H groups in total. The summed E-state index contributed by atoms with van der Waals surface area (Å²) in [4.78, 5) is 11.8. The SMILES string of the molecule is COCC(C)CC(=O)c1ccccc1Cl. The van der Waals surface area contributed by atoms with Crippen molar-refractivity contribution in [1.82, 2.24) is 0 Å². The standard InChI is InChI=1S/C12H15ClO2/c1-9(8-15-2)7-12(14)10-5-3-4-6-11(10)13/h3-6,9H,7-8H2,1-2H3. The van der Waals surface area contributed by atoms with Crippen LogP contribution in [-0.4, -0.2) is 19.5 Å². The first-order valence-corrected chi connectivity index (χ1v) is 5.29. The lowest BCUT2D eigenvalue weighted by atomic mass is 10.0. The summed E-state index contributed by atoms with van der Waals surface area (Å²) in [6.45, 7) is 2.58. The highest BCUT2D eigenvalue weighted by atomic mass is 35.5. The van der Waals surface area contributed by atoms with Crippen LogP contribution in [0.5, 0.6) is 0 Å². The van der Waals surface area contributed by atoms with Gasteiger partial charge in [0, 0.05) is 25.7 Å². The van der Waals surface area contributed by atoms with Crippen LogP contribution in [0.2, 0.25) is 5.02 Å². The van der Waals surface area contributed by atoms with E-state index < -0.39 is 0 Å². The molecule has 1 aromatic carbocycles. The van der Waals surface area contributed by atoms with E-state index in [0.717, 1.165) is 0 Å². The Hall–Kier alpha value is -0.860. The molecule has 0 fully saturated rings. The van der Waals surface area contributed by atoms with Gasteiger partial charge in [-0.05, 0) is 18.1 Å². The van der Waals surface area contributed by atoms with E-state index in [9.17, 15) is 4.79 Å². The van der Waals surface area contributed by atoms with Gasteiger partial charge in [0.1, 0.15) is 0 Å². The predicted octanol–water partition coefficient (Wildman–Crippen LogP) is 3.20. The number of ketones is 1. The van der Waals surface area contributed by atoms with Crippen molar-refractivity contribution in [1.29, 1.82) is 0 Å². The van der Waals surface area contributed by atoms with Crippen molar-refractivity contribution < 1.29 is 9.53 Å². The maximum absolute atomic E-state index is 11.8. The van der Waals surface area contributed by atoms with Crippen LogP contribution in [0.15, 0.2) is 24.3 Å². The molecule has 0 radical (unpaired) electrons. The molecule has 0 aliphatic carbocycles. The third kappa shape index (κ3) is 3.65. The molecule has 0 heterocycles. The Labute approximate surface area is 95.2 Å². The Kier molecular flexibility index (Phi) is 4.79. The summed E-state index contributed by atoms with van der Waals surface area (Å²) in [5.74, 6) is 0.295. The number of methoxy groups -OCH3 is 1. The molecule has 0 aliphatic heterocycles. The Morgan fingerprint density at radius 1 is 1.47 bits per heavy atom. The van der Waals surface area contributed by atoms with Crippen molar-refractivity contribution in [3.8, 4) is 0 Å². The van der Waals surface area contributed by atoms with Gasteiger partial charge in [-0.3, -0.25) is 4.79 Å². The van der Waals surface area contributed by atoms with Gasteiger partial charge in [-0.25, -0.2) is 0 Å². The largest absolute Gasteiger partial charge is 0.384 e. The van der Waals surface area contributed by atoms with Gasteiger partial charge in [-0.15, -0.1) is 0 Å². The zero-order valence-electron chi connectivity index (χ0n) is 9.00. The van der Waals surface area contributed by atoms with Crippen LogP contribution in [0.25, 0.3) is 0 Å². The number of rotatable bonds is 5. The summed E-state index contributed by atoms with van der Waals surface area (Å²) >= 11 is 5.93. The van der Waals surface area contributed by atoms with Gasteiger partial charge in [0.15, 0.2) is 5.78 Å². The third-order valence-electron chi connectivity index (χ3n) is 2.16. The van der Waals surface area contributed by atoms with Crippen LogP contribution in [0.3, 0.4) is 0 Å². The molecule has 0 spiro atoms. The van der Waals surface area contributed by atoms with Gasteiger partial charge < -0.3 is 4.74 Å². The Morgan fingerprint density at radius 2 is 2.13 bits per heavy atom. The van der Waals surface area contributed by atoms with E-state index in [1.54, 1.807) is 19.2 Å². The Balaban J connectivity index is 2.65. The highest BCUT2D eigenvalue weighted by Gasteiger charge is 2.13. The molecule has 15 heavy (non-hydrogen) atoms. The average molecular weight is 227 g/mol. The molecule has 1 rings (SSSR count). The van der Waals surface area contributed by atoms with Gasteiger partial charge in [-0.1, -0.05) is 30.7 Å². The summed E-state index contributed by atoms with van der Waals surface area (Å²) in [7, 11) is 1.64. The Morgan fingerprint density at radius 3 is 2.73 bits per heavy atom. The minimum absolute atomic E-state index is 0.0742. The zero-order chi connectivity index (χ0) is 11.3. The van der Waals surface area contributed by atoms with Crippen LogP contribution in [0.4, 0.5) is 0 Å². The molecule has 1 aromatic rings. The maximum Gasteiger partial charge on any atom is 0.164 e. The number of Topliss-reactive ketones (excluding diaryl/α,β-unsaturated/α-hetero) is 1. The van der Waals surface area contributed by atoms with Gasteiger partial charge in [0.05, 0.1) is 5.02 Å². The smallest absolute Gasteiger partial charge is 0.164 e. The lowest BCUT2D eigenvalue weighted by molar-refractivity contribution is 0.0920. The van der Waals surface area contributed by atoms with Gasteiger partial charge >= 0.3 is 0 Å². The van der Waals surface area contributed by atoms with Crippen molar-refractivity contribution >= 4 is 17.4 Å². The zero-order valence-corrected chi connectivity index (χ0v) is 9.75. The first kappa shape index (κ1) is 12.2. The number of carbonyl (C=O) groups excluding carboxylic acids is 1. The van der Waals surface area contributed by atoms with Crippen molar-refractivity contribution in [2.24, 2.45) is 5.92 Å². The average Bonchev–Trinajstić information content (AvgIpc) is 2.18. The molecule has 0 aromatic heterocycles. The van der Waals surface area contributed by atoms with Gasteiger partial charge in [0.25, 0.3) is 0 Å². The van der Waals surface area contributed by atoms with Crippen molar-refractivity contribution in [2.75, 3.05) is 13.7 Å². The number of carbonyl (C=O) groups is 1. The molecule has 0 aliphatic rings. The minimum Gasteiger partial charge on any atom is -0.384 e. The van der Waals surface area contributed by atoms with Gasteiger partial charge in [-0.2, -0.15) is 0 Å². The molecular weight excluding hydrogens is 212 g/mol. The second-order valence-corrected chi connectivity index (χ2v) is 4.07. The van der Waals surface area contributed by atoms with E-state index in [1.807, 2.05) is 19.1 Å². The minimum atomic E-state index is 0.0742. The van der Waals surface area contributed by atoms with E-state index in [-0.39, 0.29) is 11.7 Å². The van der Waals surface area contributed by atoms with Crippen molar-refractivity contribution in [3.63, 3.8) is 0 Å². The summed E-state index contributed by atoms with van der Waals surface area (Å²) in [6.07, 6.45) is 0.470. The van der Waals surface area contributed by atoms with Gasteiger partial charge in [0.2, 0.25) is 0 Å². The van der Waals surface area contributed by atoms with E-state index >= 15 is 0 Å². The number of benzene rings is 1. The second-order valence-electron chi connectivity index (χ2n) is 3.67. The van der Waals surface area contributed by atoms with Crippen LogP contribution in [0.1, 0.15) is 23.7 Å². The molecule has 1 unspecified atom stereocenters. The van der Waals surface area contributed by atoms with E-state index in [4.69, 9.17) is 16.3 Å². The first-order valence-electron chi connectivity index (χ1n) is 4.91. The van der Waals surface area contributed by atoms with E-state index in [2.05, 4.69) is 0 Å². The summed E-state index contributed by atoms with van der Waals surface area (Å²) < 4.78 is 4.99. The number of hydrogen-bond acceptors (Lipinski definition) is 2. The number of hydrogen-bond donors (Lipinski definition) is 0. The van der Waals surface area contributed by atoms with E-state index in [1.165, 1.54) is 0 Å². The highest BCUT2D eigenvalue weighted by Crippen LogP contribution is 2.18. The first-order chi connectivity index (χ1) is 7.15. The van der Waals surface area contributed by atoms with Crippen LogP contribution < -0.4 is 0 Å². The van der Waals surface area contributed by atoms with Crippen molar-refractivity contribution in [3.05, 3.63) is 34.9 Å². The maximum atomic E-state index is 11.8. The summed E-state index contributed by atoms with van der Waals surface area (Å²) in [5, 5.41) is 0.520. The van der Waals surface area contributed by atoms with Crippen LogP contribution in [-0.2, 0) is 4.74 Å². The van der Waals surface area contributed by atoms with Crippen LogP contribution >= 0.6 is 11.6 Å². The molecule has 2 nitrogen and oxygen atoms in total. The van der Waals surface area contributed by atoms with Crippen LogP contribution in [0, 0.1) is 5.92 Å². The molecule has 1 atom stereocenters. The molecule has 0 amide bonds. The molecule has 3 heteroatoms. The fourth-order valence-corrected chi connectivity index (χ4v) is 1.70. The topological polar surface area (TPSA) is 26.3 Å². The lowest BCUT2D eigenvalue weighted by Gasteiger charge is -2.09. The lowest BCUT2D eigenvalue weighted by Crippen LogP contribution is -2.11. The number of halogens is 1. The highest BCUT2D eigenvalue weighted by molar-refractivity contribution is 6.33. The quantitative estimate of drug-likeness (QED) is 0.721. The summed E-state index contributed by atoms with van der Waals surface area (Å²) in [5.41, 5.74) is 0.599. The molecule has 0 saturated carbocycles. The third-order valence-corrected chi connectivity index (χ3v) is 2.49. The number of ether oxygens (including phenoxy) is 1. The Bertz CT molecular complexity index is 336. The molecular formula is C12H15ClO2. The molecule has 0 bridgehead atoms. The normalized spacial score (nSPS) is 12.5. The molecule has 0 saturated heterocycles.